The molecule has 2 aromatic rings. The molecule has 0 fully saturated rings. The Balaban J connectivity index is 0.000000240. The summed E-state index contributed by atoms with van der Waals surface area (Å²) in [6, 6.07) is 7.76. The van der Waals surface area contributed by atoms with Gasteiger partial charge in [-0.1, -0.05) is 30.6 Å². The van der Waals surface area contributed by atoms with Gasteiger partial charge in [0.05, 0.1) is 10.1 Å². The largest absolute Gasteiger partial charge is 0.465 e. The van der Waals surface area contributed by atoms with Crippen LogP contribution in [0.15, 0.2) is 29.1 Å². The average Bonchev–Trinajstić information content (AvgIpc) is 2.65. The number of hydrogen-bond acceptors (Lipinski definition) is 3. The monoisotopic (exact) mass is 310 g/mol. The van der Waals surface area contributed by atoms with Gasteiger partial charge in [-0.15, -0.1) is 0 Å². The van der Waals surface area contributed by atoms with Gasteiger partial charge in [0.15, 0.2) is 0 Å². The van der Waals surface area contributed by atoms with E-state index < -0.39 is 6.09 Å². The van der Waals surface area contributed by atoms with Crippen molar-refractivity contribution in [2.45, 2.75) is 46.2 Å². The zero-order valence-electron chi connectivity index (χ0n) is 12.8. The lowest BCUT2D eigenvalue weighted by Crippen LogP contribution is -2.39. The van der Waals surface area contributed by atoms with Crippen LogP contribution < -0.4 is 10.9 Å². The number of amides is 1. The van der Waals surface area contributed by atoms with Crippen molar-refractivity contribution in [3.63, 3.8) is 0 Å². The molecule has 0 bridgehead atoms. The van der Waals surface area contributed by atoms with E-state index >= 15 is 0 Å². The number of carboxylic acid groups (broad SMARTS) is 1. The Morgan fingerprint density at radius 2 is 1.95 bits per heavy atom. The molecule has 0 spiro atoms. The van der Waals surface area contributed by atoms with Gasteiger partial charge in [-0.25, -0.2) is 4.79 Å². The van der Waals surface area contributed by atoms with Crippen LogP contribution in [0.1, 0.15) is 34.1 Å². The Morgan fingerprint density at radius 3 is 2.38 bits per heavy atom. The first-order valence-corrected chi connectivity index (χ1v) is 7.62. The second kappa shape index (κ2) is 7.26. The van der Waals surface area contributed by atoms with Crippen molar-refractivity contribution < 1.29 is 9.90 Å². The Morgan fingerprint density at radius 1 is 1.33 bits per heavy atom. The molecule has 1 amide bonds. The lowest BCUT2D eigenvalue weighted by Gasteiger charge is -2.16. The van der Waals surface area contributed by atoms with Crippen molar-refractivity contribution in [1.29, 1.82) is 0 Å². The molecule has 0 atom stereocenters. The lowest BCUT2D eigenvalue weighted by molar-refractivity contribution is 0.184. The van der Waals surface area contributed by atoms with E-state index in [1.165, 1.54) is 0 Å². The van der Waals surface area contributed by atoms with Crippen LogP contribution in [0.3, 0.4) is 0 Å². The van der Waals surface area contributed by atoms with Crippen LogP contribution in [0, 0.1) is 0 Å². The number of fused-ring (bicyclic) bond motifs is 1. The summed E-state index contributed by atoms with van der Waals surface area (Å²) in [6.45, 7) is 8.29. The van der Waals surface area contributed by atoms with Crippen LogP contribution in [0.2, 0.25) is 0 Å². The summed E-state index contributed by atoms with van der Waals surface area (Å²) in [5, 5.41) is 11.3. The van der Waals surface area contributed by atoms with E-state index in [2.05, 4.69) is 12.2 Å². The summed E-state index contributed by atoms with van der Waals surface area (Å²) in [6.07, 6.45) is 0.0321. The number of hydrogen-bond donors (Lipinski definition) is 2. The van der Waals surface area contributed by atoms with Gasteiger partial charge in [0, 0.05) is 12.1 Å². The minimum absolute atomic E-state index is 0.155. The molecule has 0 saturated heterocycles. The fraction of sp³-hybridized carbons (Fsp3) is 0.467. The van der Waals surface area contributed by atoms with E-state index in [-0.39, 0.29) is 11.1 Å². The second-order valence-corrected chi connectivity index (χ2v) is 6.74. The van der Waals surface area contributed by atoms with Crippen LogP contribution in [-0.4, -0.2) is 20.7 Å². The number of aromatic nitrogens is 1. The summed E-state index contributed by atoms with van der Waals surface area (Å²) in [5.74, 6) is 0. The van der Waals surface area contributed by atoms with Crippen LogP contribution in [0.5, 0.6) is 0 Å². The zero-order chi connectivity index (χ0) is 16.0. The summed E-state index contributed by atoms with van der Waals surface area (Å²) in [7, 11) is 0. The van der Waals surface area contributed by atoms with E-state index in [9.17, 15) is 9.59 Å². The van der Waals surface area contributed by atoms with Crippen molar-refractivity contribution in [3.8, 4) is 0 Å². The molecule has 1 aromatic heterocycles. The first-order valence-electron chi connectivity index (χ1n) is 6.84. The van der Waals surface area contributed by atoms with Crippen LogP contribution in [-0.2, 0) is 6.54 Å². The summed E-state index contributed by atoms with van der Waals surface area (Å²) >= 11 is 1.55. The van der Waals surface area contributed by atoms with Crippen molar-refractivity contribution in [1.82, 2.24) is 9.27 Å². The predicted molar refractivity (Wildman–Crippen MR) is 87.3 cm³/mol. The van der Waals surface area contributed by atoms with Gasteiger partial charge in [0.25, 0.3) is 5.56 Å². The molecule has 5 nitrogen and oxygen atoms in total. The molecule has 0 aliphatic carbocycles. The van der Waals surface area contributed by atoms with Gasteiger partial charge in [-0.2, -0.15) is 0 Å². The topological polar surface area (TPSA) is 71.3 Å². The Labute approximate surface area is 128 Å². The Bertz CT molecular complexity index is 653. The Kier molecular flexibility index (Phi) is 5.96. The molecule has 1 heterocycles. The van der Waals surface area contributed by atoms with Gasteiger partial charge in [-0.05, 0) is 39.3 Å². The molecule has 116 valence electrons. The number of nitrogens with one attached hydrogen (secondary N) is 1. The predicted octanol–water partition coefficient (Wildman–Crippen LogP) is 3.53. The summed E-state index contributed by atoms with van der Waals surface area (Å²) < 4.78 is 2.91. The minimum atomic E-state index is -0.975. The SMILES string of the molecule is CC(C)(C)NC(=O)O.CCCn1sc2ccccc2c1=O. The van der Waals surface area contributed by atoms with E-state index in [1.54, 1.807) is 32.3 Å². The van der Waals surface area contributed by atoms with E-state index in [0.29, 0.717) is 0 Å². The fourth-order valence-corrected chi connectivity index (χ4v) is 2.77. The quantitative estimate of drug-likeness (QED) is 0.891. The fourth-order valence-electron chi connectivity index (χ4n) is 1.69. The second-order valence-electron chi connectivity index (χ2n) is 5.67. The smallest absolute Gasteiger partial charge is 0.405 e. The van der Waals surface area contributed by atoms with E-state index in [4.69, 9.17) is 5.11 Å². The maximum absolute atomic E-state index is 11.7. The first kappa shape index (κ1) is 17.2. The van der Waals surface area contributed by atoms with Crippen LogP contribution in [0.4, 0.5) is 4.79 Å². The molecule has 1 aromatic carbocycles. The van der Waals surface area contributed by atoms with Crippen LogP contribution in [0.25, 0.3) is 10.1 Å². The van der Waals surface area contributed by atoms with Gasteiger partial charge in [-0.3, -0.25) is 8.75 Å². The molecule has 2 N–H and O–H groups in total. The molecule has 0 aliphatic rings. The van der Waals surface area contributed by atoms with Crippen molar-refractivity contribution in [3.05, 3.63) is 34.6 Å². The highest BCUT2D eigenvalue weighted by atomic mass is 32.1. The standard InChI is InChI=1S/C10H11NOS.C5H11NO2/c1-2-7-11-10(12)8-5-3-4-6-9(8)13-11;1-5(2,3)6-4(7)8/h3-6H,2,7H2,1H3;6H,1-3H3,(H,7,8). The number of aryl methyl sites for hydroxylation is 1. The van der Waals surface area contributed by atoms with Crippen molar-refractivity contribution >= 4 is 27.7 Å². The molecule has 0 unspecified atom stereocenters. The van der Waals surface area contributed by atoms with E-state index in [1.807, 2.05) is 28.2 Å². The van der Waals surface area contributed by atoms with Gasteiger partial charge in [0.1, 0.15) is 0 Å². The minimum Gasteiger partial charge on any atom is -0.465 e. The first-order chi connectivity index (χ1) is 9.74. The van der Waals surface area contributed by atoms with Crippen molar-refractivity contribution in [2.75, 3.05) is 0 Å². The third-order valence-electron chi connectivity index (χ3n) is 2.46. The van der Waals surface area contributed by atoms with Crippen LogP contribution >= 0.6 is 11.5 Å². The average molecular weight is 310 g/mol. The molecule has 0 radical (unpaired) electrons. The zero-order valence-corrected chi connectivity index (χ0v) is 13.7. The third kappa shape index (κ3) is 5.59. The van der Waals surface area contributed by atoms with Gasteiger partial charge in [0.2, 0.25) is 0 Å². The molecule has 2 rings (SSSR count). The third-order valence-corrected chi connectivity index (χ3v) is 3.58. The maximum atomic E-state index is 11.7. The van der Waals surface area contributed by atoms with Gasteiger partial charge < -0.3 is 10.4 Å². The number of rotatable bonds is 2. The number of benzene rings is 1. The highest BCUT2D eigenvalue weighted by Gasteiger charge is 2.11. The molecular formula is C15H22N2O3S. The number of carbonyl (C=O) groups is 1. The van der Waals surface area contributed by atoms with Gasteiger partial charge >= 0.3 is 6.09 Å². The normalized spacial score (nSPS) is 10.9. The van der Waals surface area contributed by atoms with Crippen molar-refractivity contribution in [2.24, 2.45) is 0 Å². The highest BCUT2D eigenvalue weighted by Crippen LogP contribution is 2.15. The Hall–Kier alpha value is -1.82. The summed E-state index contributed by atoms with van der Waals surface area (Å²) in [5.41, 5.74) is -0.172. The van der Waals surface area contributed by atoms with E-state index in [0.717, 1.165) is 23.1 Å². The lowest BCUT2D eigenvalue weighted by atomic mass is 10.1. The molecular weight excluding hydrogens is 288 g/mol. The maximum Gasteiger partial charge on any atom is 0.405 e. The molecule has 21 heavy (non-hydrogen) atoms. The molecule has 0 saturated carbocycles. The molecule has 6 heteroatoms. The molecule has 0 aliphatic heterocycles. The number of nitrogens with zero attached hydrogens (tertiary/aromatic N) is 1. The highest BCUT2D eigenvalue weighted by molar-refractivity contribution is 7.13. The summed E-state index contributed by atoms with van der Waals surface area (Å²) in [4.78, 5) is 21.6.